The van der Waals surface area contributed by atoms with Gasteiger partial charge in [-0.2, -0.15) is 0 Å². The van der Waals surface area contributed by atoms with E-state index in [1.54, 1.807) is 0 Å². The fourth-order valence-corrected chi connectivity index (χ4v) is 9.92. The Hall–Kier alpha value is -6.52. The van der Waals surface area contributed by atoms with Crippen LogP contribution in [0.2, 0.25) is 0 Å². The molecule has 6 aromatic rings. The van der Waals surface area contributed by atoms with E-state index in [4.69, 9.17) is 9.31 Å². The standard InChI is InChI=1S/C52H56BN6O8/c1-31(2)27-41(54-51(60)47-43(39-25-23-33-15-11-13-21-37(33)29-39)49(58(62)63)45(56-47)35-17-7-5-8-18-35)66-53-67-42(28-32(3)4)55-52(61)48-44(40-26-24-34-16-12-14-22-38(34)30-40)50(59(64)65)46(57-48)36-19-9-6-10-20-36/h5-26,29-32,41-50,56-57H,27-28H2,1-4H3,(H,54,60)(H,55,61). The van der Waals surface area contributed by atoms with Gasteiger partial charge in [0, 0.05) is 9.85 Å². The maximum atomic E-state index is 14.5. The summed E-state index contributed by atoms with van der Waals surface area (Å²) >= 11 is 0. The predicted octanol–water partition coefficient (Wildman–Crippen LogP) is 8.12. The van der Waals surface area contributed by atoms with Crippen LogP contribution in [0.15, 0.2) is 146 Å². The van der Waals surface area contributed by atoms with Gasteiger partial charge in [-0.15, -0.1) is 0 Å². The Morgan fingerprint density at radius 3 is 1.25 bits per heavy atom. The van der Waals surface area contributed by atoms with Crippen LogP contribution in [0.3, 0.4) is 0 Å². The Balaban J connectivity index is 1.01. The van der Waals surface area contributed by atoms with Crippen LogP contribution in [-0.2, 0) is 18.9 Å². The molecule has 2 amide bonds. The average Bonchev–Trinajstić information content (AvgIpc) is 3.93. The monoisotopic (exact) mass is 903 g/mol. The molecule has 10 unspecified atom stereocenters. The van der Waals surface area contributed by atoms with Gasteiger partial charge in [0.25, 0.3) is 0 Å². The first-order valence-electron chi connectivity index (χ1n) is 23.0. The van der Waals surface area contributed by atoms with Gasteiger partial charge in [-0.05, 0) is 68.5 Å². The highest BCUT2D eigenvalue weighted by molar-refractivity contribution is 6.18. The van der Waals surface area contributed by atoms with E-state index in [9.17, 15) is 29.8 Å². The number of amides is 2. The Morgan fingerprint density at radius 2 is 0.896 bits per heavy atom. The Kier molecular flexibility index (Phi) is 14.7. The molecule has 0 aromatic heterocycles. The Morgan fingerprint density at radius 1 is 0.537 bits per heavy atom. The molecule has 0 bridgehead atoms. The van der Waals surface area contributed by atoms with Crippen LogP contribution in [0.5, 0.6) is 0 Å². The molecule has 2 heterocycles. The number of rotatable bonds is 18. The molecule has 2 saturated heterocycles. The molecular weight excluding hydrogens is 847 g/mol. The number of fused-ring (bicyclic) bond motifs is 2. The lowest BCUT2D eigenvalue weighted by molar-refractivity contribution is -0.527. The maximum Gasteiger partial charge on any atom is 0.491 e. The number of benzene rings is 6. The van der Waals surface area contributed by atoms with Crippen molar-refractivity contribution >= 4 is 41.0 Å². The van der Waals surface area contributed by atoms with Gasteiger partial charge in [-0.25, -0.2) is 0 Å². The van der Waals surface area contributed by atoms with Gasteiger partial charge in [0.05, 0.1) is 11.8 Å². The van der Waals surface area contributed by atoms with Crippen molar-refractivity contribution in [3.63, 3.8) is 0 Å². The molecule has 15 heteroatoms. The van der Waals surface area contributed by atoms with E-state index in [1.165, 1.54) is 0 Å². The molecule has 2 aliphatic heterocycles. The molecule has 14 nitrogen and oxygen atoms in total. The first-order chi connectivity index (χ1) is 32.4. The van der Waals surface area contributed by atoms with Crippen LogP contribution in [0.25, 0.3) is 21.5 Å². The first-order valence-corrected chi connectivity index (χ1v) is 23.0. The van der Waals surface area contributed by atoms with Gasteiger partial charge < -0.3 is 19.9 Å². The zero-order valence-electron chi connectivity index (χ0n) is 37.9. The molecule has 1 radical (unpaired) electrons. The first kappa shape index (κ1) is 47.0. The average molecular weight is 904 g/mol. The van der Waals surface area contributed by atoms with Crippen molar-refractivity contribution < 1.29 is 28.7 Å². The minimum absolute atomic E-state index is 0.0499. The van der Waals surface area contributed by atoms with Gasteiger partial charge in [0.15, 0.2) is 0 Å². The fraction of sp³-hybridized carbons (Fsp3) is 0.346. The van der Waals surface area contributed by atoms with Crippen LogP contribution in [0.1, 0.15) is 86.7 Å². The molecule has 345 valence electrons. The second-order valence-electron chi connectivity index (χ2n) is 18.5. The van der Waals surface area contributed by atoms with Crippen LogP contribution in [0, 0.1) is 32.1 Å². The van der Waals surface area contributed by atoms with E-state index in [2.05, 4.69) is 21.3 Å². The summed E-state index contributed by atoms with van der Waals surface area (Å²) in [5.74, 6) is -2.53. The van der Waals surface area contributed by atoms with Crippen molar-refractivity contribution in [3.8, 4) is 0 Å². The van der Waals surface area contributed by atoms with Crippen molar-refractivity contribution in [1.82, 2.24) is 21.3 Å². The molecular formula is C52H56BN6O8. The molecule has 6 aromatic carbocycles. The molecule has 0 saturated carbocycles. The number of carbonyl (C=O) groups is 2. The highest BCUT2D eigenvalue weighted by atomic mass is 16.6. The summed E-state index contributed by atoms with van der Waals surface area (Å²) in [7, 11) is 1.12. The second-order valence-corrected chi connectivity index (χ2v) is 18.5. The Labute approximate surface area is 390 Å². The second kappa shape index (κ2) is 21.0. The smallest absolute Gasteiger partial charge is 0.393 e. The molecule has 67 heavy (non-hydrogen) atoms. The summed E-state index contributed by atoms with van der Waals surface area (Å²) in [6.07, 6.45) is -1.09. The lowest BCUT2D eigenvalue weighted by Crippen LogP contribution is -2.51. The van der Waals surface area contributed by atoms with Gasteiger partial charge in [0.2, 0.25) is 23.9 Å². The quantitative estimate of drug-likeness (QED) is 0.0284. The van der Waals surface area contributed by atoms with Gasteiger partial charge in [-0.3, -0.25) is 40.5 Å². The number of hydrogen-bond acceptors (Lipinski definition) is 10. The summed E-state index contributed by atoms with van der Waals surface area (Å²) in [4.78, 5) is 54.5. The number of nitrogens with one attached hydrogen (secondary N) is 4. The maximum absolute atomic E-state index is 14.5. The molecule has 10 atom stereocenters. The van der Waals surface area contributed by atoms with E-state index in [1.807, 2.05) is 173 Å². The Bertz CT molecular complexity index is 2510. The lowest BCUT2D eigenvalue weighted by atomic mass is 9.84. The van der Waals surface area contributed by atoms with E-state index < -0.39 is 72.4 Å². The van der Waals surface area contributed by atoms with E-state index in [0.29, 0.717) is 35.1 Å². The van der Waals surface area contributed by atoms with Gasteiger partial charge in [0.1, 0.15) is 36.6 Å². The zero-order valence-corrected chi connectivity index (χ0v) is 37.9. The third kappa shape index (κ3) is 10.7. The molecule has 8 rings (SSSR count). The minimum atomic E-state index is -1.17. The zero-order chi connectivity index (χ0) is 47.2. The highest BCUT2D eigenvalue weighted by Gasteiger charge is 2.56. The van der Waals surface area contributed by atoms with Crippen LogP contribution >= 0.6 is 0 Å². The summed E-state index contributed by atoms with van der Waals surface area (Å²) in [5.41, 5.74) is 2.71. The summed E-state index contributed by atoms with van der Waals surface area (Å²) < 4.78 is 12.3. The molecule has 2 fully saturated rings. The number of nitro groups is 2. The van der Waals surface area contributed by atoms with Crippen molar-refractivity contribution in [2.45, 2.75) is 101 Å². The summed E-state index contributed by atoms with van der Waals surface area (Å²) in [5, 5.41) is 42.5. The van der Waals surface area contributed by atoms with Crippen LogP contribution < -0.4 is 21.3 Å². The van der Waals surface area contributed by atoms with Crippen molar-refractivity contribution in [3.05, 3.63) is 188 Å². The van der Waals surface area contributed by atoms with Crippen molar-refractivity contribution in [2.75, 3.05) is 0 Å². The van der Waals surface area contributed by atoms with Crippen molar-refractivity contribution in [2.24, 2.45) is 11.8 Å². The molecule has 2 aliphatic rings. The summed E-state index contributed by atoms with van der Waals surface area (Å²) in [6, 6.07) is 39.3. The van der Waals surface area contributed by atoms with Crippen molar-refractivity contribution in [1.29, 1.82) is 0 Å². The predicted molar refractivity (Wildman–Crippen MR) is 258 cm³/mol. The third-order valence-electron chi connectivity index (χ3n) is 13.0. The number of hydrogen-bond donors (Lipinski definition) is 4. The van der Waals surface area contributed by atoms with E-state index in [-0.39, 0.29) is 21.7 Å². The number of carbonyl (C=O) groups excluding carboxylic acids is 2. The van der Waals surface area contributed by atoms with Crippen LogP contribution in [0.4, 0.5) is 0 Å². The molecule has 0 spiro atoms. The van der Waals surface area contributed by atoms with E-state index in [0.717, 1.165) is 29.2 Å². The molecule has 0 aliphatic carbocycles. The largest absolute Gasteiger partial charge is 0.491 e. The summed E-state index contributed by atoms with van der Waals surface area (Å²) in [6.45, 7) is 7.91. The SMILES string of the molecule is CC(C)CC(NC(=O)C1NC(c2ccccc2)C([N+](=O)[O-])C1c1ccc2ccccc2c1)O[B]OC(CC(C)C)NC(=O)C1NC(c2ccccc2)C([N+](=O)[O-])C1c1ccc2ccccc2c1. The molecule has 4 N–H and O–H groups in total. The van der Waals surface area contributed by atoms with Gasteiger partial charge in [-0.1, -0.05) is 173 Å². The lowest BCUT2D eigenvalue weighted by Gasteiger charge is -2.27. The fourth-order valence-electron chi connectivity index (χ4n) is 9.92. The van der Waals surface area contributed by atoms with Crippen LogP contribution in [-0.4, -0.2) is 66.0 Å². The van der Waals surface area contributed by atoms with Gasteiger partial charge >= 0.3 is 7.69 Å². The minimum Gasteiger partial charge on any atom is -0.393 e. The topological polar surface area (TPSA) is 187 Å². The highest BCUT2D eigenvalue weighted by Crippen LogP contribution is 2.43. The number of nitrogens with zero attached hydrogens (tertiary/aromatic N) is 2. The third-order valence-corrected chi connectivity index (χ3v) is 13.0. The normalized spacial score (nSPS) is 23.6. The van der Waals surface area contributed by atoms with E-state index >= 15 is 0 Å².